The molecule has 5 heteroatoms. The zero-order chi connectivity index (χ0) is 10.0. The van der Waals surface area contributed by atoms with Gasteiger partial charge in [-0.05, 0) is 68.9 Å². The van der Waals surface area contributed by atoms with Gasteiger partial charge in [0.1, 0.15) is 5.75 Å². The zero-order valence-electron chi connectivity index (χ0n) is 6.61. The minimum Gasteiger partial charge on any atom is -0.496 e. The van der Waals surface area contributed by atoms with E-state index in [1.807, 2.05) is 0 Å². The lowest BCUT2D eigenvalue weighted by molar-refractivity contribution is 0.108. The first-order chi connectivity index (χ1) is 6.07. The fourth-order valence-corrected chi connectivity index (χ4v) is 2.54. The third-order valence-corrected chi connectivity index (χ3v) is 4.91. The van der Waals surface area contributed by atoms with Crippen LogP contribution in [0, 0.1) is 7.14 Å². The van der Waals surface area contributed by atoms with Crippen LogP contribution in [0.1, 0.15) is 10.4 Å². The first kappa shape index (κ1) is 11.5. The minimum atomic E-state index is -0.440. The van der Waals surface area contributed by atoms with E-state index < -0.39 is 5.24 Å². The number of carbonyl (C=O) groups is 1. The quantitative estimate of drug-likeness (QED) is 0.540. The van der Waals surface area contributed by atoms with E-state index in [4.69, 9.17) is 16.3 Å². The van der Waals surface area contributed by atoms with E-state index in [1.54, 1.807) is 19.2 Å². The summed E-state index contributed by atoms with van der Waals surface area (Å²) >= 11 is 9.58. The molecule has 0 amide bonds. The van der Waals surface area contributed by atoms with Gasteiger partial charge in [0.05, 0.1) is 10.7 Å². The Bertz CT molecular complexity index is 352. The van der Waals surface area contributed by atoms with Crippen molar-refractivity contribution in [3.05, 3.63) is 24.8 Å². The normalized spacial score (nSPS) is 9.85. The highest BCUT2D eigenvalue weighted by atomic mass is 127. The van der Waals surface area contributed by atoms with Crippen LogP contribution in [0.5, 0.6) is 5.75 Å². The highest BCUT2D eigenvalue weighted by Gasteiger charge is 2.13. The van der Waals surface area contributed by atoms with Gasteiger partial charge in [-0.25, -0.2) is 0 Å². The number of methoxy groups -OCH3 is 1. The van der Waals surface area contributed by atoms with Crippen LogP contribution in [0.2, 0.25) is 0 Å². The van der Waals surface area contributed by atoms with Crippen molar-refractivity contribution in [1.82, 2.24) is 0 Å². The van der Waals surface area contributed by atoms with E-state index in [0.29, 0.717) is 5.56 Å². The lowest BCUT2D eigenvalue weighted by atomic mass is 10.2. The average Bonchev–Trinajstić information content (AvgIpc) is 2.09. The summed E-state index contributed by atoms with van der Waals surface area (Å²) in [5.74, 6) is 0.756. The van der Waals surface area contributed by atoms with Gasteiger partial charge in [-0.3, -0.25) is 4.79 Å². The average molecular weight is 422 g/mol. The monoisotopic (exact) mass is 422 g/mol. The van der Waals surface area contributed by atoms with Crippen LogP contribution in [0.25, 0.3) is 0 Å². The van der Waals surface area contributed by atoms with Crippen molar-refractivity contribution in [3.8, 4) is 5.75 Å². The van der Waals surface area contributed by atoms with E-state index in [9.17, 15) is 4.79 Å². The van der Waals surface area contributed by atoms with Gasteiger partial charge in [0.25, 0.3) is 5.24 Å². The molecule has 13 heavy (non-hydrogen) atoms. The van der Waals surface area contributed by atoms with Gasteiger partial charge in [0.2, 0.25) is 0 Å². The molecule has 0 unspecified atom stereocenters. The van der Waals surface area contributed by atoms with E-state index in [-0.39, 0.29) is 0 Å². The van der Waals surface area contributed by atoms with Crippen LogP contribution in [0.4, 0.5) is 0 Å². The first-order valence-electron chi connectivity index (χ1n) is 3.29. The summed E-state index contributed by atoms with van der Waals surface area (Å²) < 4.78 is 6.83. The Morgan fingerprint density at radius 1 is 1.38 bits per heavy atom. The maximum absolute atomic E-state index is 10.9. The third kappa shape index (κ3) is 2.47. The Kier molecular flexibility index (Phi) is 4.24. The second-order valence-electron chi connectivity index (χ2n) is 2.22. The van der Waals surface area contributed by atoms with Crippen molar-refractivity contribution in [2.45, 2.75) is 0 Å². The molecular formula is C8H5ClI2O2. The summed E-state index contributed by atoms with van der Waals surface area (Å²) in [5.41, 5.74) is 0.521. The Morgan fingerprint density at radius 2 is 2.00 bits per heavy atom. The van der Waals surface area contributed by atoms with E-state index in [2.05, 4.69) is 45.2 Å². The van der Waals surface area contributed by atoms with E-state index in [1.165, 1.54) is 0 Å². The topological polar surface area (TPSA) is 26.3 Å². The maximum Gasteiger partial charge on any atom is 0.253 e. The molecule has 0 aliphatic heterocycles. The number of halogens is 3. The van der Waals surface area contributed by atoms with Gasteiger partial charge in [0.15, 0.2) is 0 Å². The van der Waals surface area contributed by atoms with Crippen LogP contribution in [-0.2, 0) is 0 Å². The standard InChI is InChI=1S/C8H5ClI2O2/c1-13-5-3-2-4(8(9)12)6(10)7(5)11/h2-3H,1H3. The minimum absolute atomic E-state index is 0.440. The molecule has 0 saturated carbocycles. The van der Waals surface area contributed by atoms with E-state index >= 15 is 0 Å². The van der Waals surface area contributed by atoms with Gasteiger partial charge in [0, 0.05) is 9.13 Å². The number of carbonyl (C=O) groups excluding carboxylic acids is 1. The van der Waals surface area contributed by atoms with Crippen LogP contribution < -0.4 is 4.74 Å². The van der Waals surface area contributed by atoms with Crippen molar-refractivity contribution in [1.29, 1.82) is 0 Å². The lowest BCUT2D eigenvalue weighted by Crippen LogP contribution is -1.98. The molecule has 1 aromatic rings. The van der Waals surface area contributed by atoms with Gasteiger partial charge >= 0.3 is 0 Å². The van der Waals surface area contributed by atoms with Crippen molar-refractivity contribution in [3.63, 3.8) is 0 Å². The Labute approximate surface area is 108 Å². The van der Waals surface area contributed by atoms with Gasteiger partial charge < -0.3 is 4.74 Å². The summed E-state index contributed by atoms with van der Waals surface area (Å²) in [7, 11) is 1.59. The molecular weight excluding hydrogens is 417 g/mol. The zero-order valence-corrected chi connectivity index (χ0v) is 11.7. The second-order valence-corrected chi connectivity index (χ2v) is 4.72. The summed E-state index contributed by atoms with van der Waals surface area (Å²) in [4.78, 5) is 10.9. The predicted octanol–water partition coefficient (Wildman–Crippen LogP) is 3.28. The highest BCUT2D eigenvalue weighted by Crippen LogP contribution is 2.29. The van der Waals surface area contributed by atoms with Crippen molar-refractivity contribution >= 4 is 62.0 Å². The molecule has 0 aromatic heterocycles. The molecule has 1 rings (SSSR count). The smallest absolute Gasteiger partial charge is 0.253 e. The molecule has 0 aliphatic carbocycles. The van der Waals surface area contributed by atoms with Crippen molar-refractivity contribution < 1.29 is 9.53 Å². The molecule has 2 nitrogen and oxygen atoms in total. The van der Waals surface area contributed by atoms with Crippen LogP contribution in [0.3, 0.4) is 0 Å². The molecule has 0 heterocycles. The van der Waals surface area contributed by atoms with Crippen molar-refractivity contribution in [2.75, 3.05) is 7.11 Å². The fourth-order valence-electron chi connectivity index (χ4n) is 0.841. The molecule has 0 N–H and O–H groups in total. The Balaban J connectivity index is 3.31. The molecule has 0 saturated heterocycles. The van der Waals surface area contributed by atoms with Crippen LogP contribution in [0.15, 0.2) is 12.1 Å². The van der Waals surface area contributed by atoms with Gasteiger partial charge in [-0.2, -0.15) is 0 Å². The van der Waals surface area contributed by atoms with E-state index in [0.717, 1.165) is 12.9 Å². The summed E-state index contributed by atoms with van der Waals surface area (Å²) in [5, 5.41) is -0.440. The molecule has 70 valence electrons. The third-order valence-electron chi connectivity index (χ3n) is 1.48. The largest absolute Gasteiger partial charge is 0.496 e. The van der Waals surface area contributed by atoms with Crippen molar-refractivity contribution in [2.24, 2.45) is 0 Å². The first-order valence-corrected chi connectivity index (χ1v) is 5.83. The maximum atomic E-state index is 10.9. The van der Waals surface area contributed by atoms with Crippen LogP contribution >= 0.6 is 56.8 Å². The summed E-state index contributed by atoms with van der Waals surface area (Å²) in [6.45, 7) is 0. The number of benzene rings is 1. The molecule has 0 bridgehead atoms. The summed E-state index contributed by atoms with van der Waals surface area (Å²) in [6.07, 6.45) is 0. The molecule has 0 spiro atoms. The summed E-state index contributed by atoms with van der Waals surface area (Å²) in [6, 6.07) is 3.40. The number of hydrogen-bond donors (Lipinski definition) is 0. The molecule has 1 aromatic carbocycles. The number of hydrogen-bond acceptors (Lipinski definition) is 2. The van der Waals surface area contributed by atoms with Crippen LogP contribution in [-0.4, -0.2) is 12.4 Å². The SMILES string of the molecule is COc1ccc(C(=O)Cl)c(I)c1I. The second kappa shape index (κ2) is 4.79. The predicted molar refractivity (Wildman–Crippen MR) is 68.6 cm³/mol. The Morgan fingerprint density at radius 3 is 2.46 bits per heavy atom. The van der Waals surface area contributed by atoms with Gasteiger partial charge in [-0.15, -0.1) is 0 Å². The van der Waals surface area contributed by atoms with Gasteiger partial charge in [-0.1, -0.05) is 0 Å². The molecule has 0 aliphatic rings. The fraction of sp³-hybridized carbons (Fsp3) is 0.125. The Hall–Kier alpha value is 0.440. The molecule has 0 atom stereocenters. The number of ether oxygens (including phenoxy) is 1. The lowest BCUT2D eigenvalue weighted by Gasteiger charge is -2.06. The highest BCUT2D eigenvalue weighted by molar-refractivity contribution is 14.1. The number of rotatable bonds is 2. The molecule has 0 fully saturated rings. The molecule has 0 radical (unpaired) electrons.